The summed E-state index contributed by atoms with van der Waals surface area (Å²) in [5, 5.41) is 3.48. The number of guanidine groups is 1. The van der Waals surface area contributed by atoms with Crippen LogP contribution in [0, 0.1) is 5.92 Å². The number of nitrogens with zero attached hydrogens (tertiary/aromatic N) is 2. The SMILES string of the molecule is CN=C(NCC1CCC1)N1CCOC(COC)C1.I. The molecule has 1 saturated heterocycles. The first-order valence-electron chi connectivity index (χ1n) is 6.89. The largest absolute Gasteiger partial charge is 0.382 e. The van der Waals surface area contributed by atoms with Crippen molar-refractivity contribution in [3.8, 4) is 0 Å². The van der Waals surface area contributed by atoms with Crippen LogP contribution in [0.1, 0.15) is 19.3 Å². The quantitative estimate of drug-likeness (QED) is 0.452. The number of hydrogen-bond donors (Lipinski definition) is 1. The van der Waals surface area contributed by atoms with Crippen molar-refractivity contribution in [1.29, 1.82) is 0 Å². The van der Waals surface area contributed by atoms with Crippen molar-refractivity contribution in [2.24, 2.45) is 10.9 Å². The lowest BCUT2D eigenvalue weighted by Crippen LogP contribution is -2.52. The van der Waals surface area contributed by atoms with Crippen LogP contribution in [0.15, 0.2) is 4.99 Å². The second kappa shape index (κ2) is 8.97. The van der Waals surface area contributed by atoms with E-state index in [-0.39, 0.29) is 30.1 Å². The van der Waals surface area contributed by atoms with E-state index in [1.165, 1.54) is 19.3 Å². The number of methoxy groups -OCH3 is 1. The highest BCUT2D eigenvalue weighted by atomic mass is 127. The molecule has 1 aliphatic heterocycles. The van der Waals surface area contributed by atoms with Crippen molar-refractivity contribution in [2.45, 2.75) is 25.4 Å². The molecule has 2 aliphatic rings. The standard InChI is InChI=1S/C13H25N3O2.HI/c1-14-13(15-8-11-4-3-5-11)16-6-7-18-12(9-16)10-17-2;/h11-12H,3-10H2,1-2H3,(H,14,15);1H. The van der Waals surface area contributed by atoms with E-state index in [0.29, 0.717) is 6.61 Å². The zero-order chi connectivity index (χ0) is 12.8. The zero-order valence-corrected chi connectivity index (χ0v) is 14.3. The van der Waals surface area contributed by atoms with Gasteiger partial charge >= 0.3 is 0 Å². The number of halogens is 1. The fourth-order valence-electron chi connectivity index (χ4n) is 2.46. The summed E-state index contributed by atoms with van der Waals surface area (Å²) < 4.78 is 10.8. The Bertz CT molecular complexity index is 283. The maximum Gasteiger partial charge on any atom is 0.193 e. The van der Waals surface area contributed by atoms with Crippen molar-refractivity contribution < 1.29 is 9.47 Å². The molecule has 1 saturated carbocycles. The Morgan fingerprint density at radius 2 is 2.26 bits per heavy atom. The van der Waals surface area contributed by atoms with E-state index in [2.05, 4.69) is 15.2 Å². The van der Waals surface area contributed by atoms with Crippen LogP contribution < -0.4 is 5.32 Å². The number of morpholine rings is 1. The Morgan fingerprint density at radius 3 is 2.84 bits per heavy atom. The molecule has 1 N–H and O–H groups in total. The summed E-state index contributed by atoms with van der Waals surface area (Å²) in [5.41, 5.74) is 0. The molecule has 2 rings (SSSR count). The molecule has 2 fully saturated rings. The Labute approximate surface area is 133 Å². The molecule has 0 aromatic rings. The predicted molar refractivity (Wildman–Crippen MR) is 87.3 cm³/mol. The number of nitrogens with one attached hydrogen (secondary N) is 1. The molecule has 5 nitrogen and oxygen atoms in total. The number of ether oxygens (including phenoxy) is 2. The summed E-state index contributed by atoms with van der Waals surface area (Å²) in [4.78, 5) is 6.64. The fraction of sp³-hybridized carbons (Fsp3) is 0.923. The molecule has 6 heteroatoms. The summed E-state index contributed by atoms with van der Waals surface area (Å²) in [6.45, 7) is 4.22. The summed E-state index contributed by atoms with van der Waals surface area (Å²) in [6, 6.07) is 0. The van der Waals surface area contributed by atoms with Crippen LogP contribution in [0.3, 0.4) is 0 Å². The predicted octanol–water partition coefficient (Wildman–Crippen LogP) is 1.33. The van der Waals surface area contributed by atoms with Crippen LogP contribution in [0.4, 0.5) is 0 Å². The van der Waals surface area contributed by atoms with Crippen molar-refractivity contribution in [3.05, 3.63) is 0 Å². The van der Waals surface area contributed by atoms with Gasteiger partial charge in [0.15, 0.2) is 5.96 Å². The first-order valence-corrected chi connectivity index (χ1v) is 6.89. The third kappa shape index (κ3) is 5.07. The molecule has 0 bridgehead atoms. The third-order valence-electron chi connectivity index (χ3n) is 3.78. The minimum Gasteiger partial charge on any atom is -0.382 e. The Morgan fingerprint density at radius 1 is 1.47 bits per heavy atom. The first-order chi connectivity index (χ1) is 8.83. The third-order valence-corrected chi connectivity index (χ3v) is 3.78. The van der Waals surface area contributed by atoms with Crippen molar-refractivity contribution >= 4 is 29.9 Å². The molecule has 1 heterocycles. The zero-order valence-electron chi connectivity index (χ0n) is 11.9. The molecule has 1 unspecified atom stereocenters. The average Bonchev–Trinajstić information content (AvgIpc) is 2.33. The van der Waals surface area contributed by atoms with E-state index >= 15 is 0 Å². The van der Waals surface area contributed by atoms with Crippen LogP contribution in [0.2, 0.25) is 0 Å². The van der Waals surface area contributed by atoms with Gasteiger partial charge in [0.05, 0.1) is 19.3 Å². The molecule has 1 aliphatic carbocycles. The molecule has 112 valence electrons. The van der Waals surface area contributed by atoms with Gasteiger partial charge in [-0.25, -0.2) is 0 Å². The second-order valence-corrected chi connectivity index (χ2v) is 5.12. The van der Waals surface area contributed by atoms with Crippen molar-refractivity contribution in [3.63, 3.8) is 0 Å². The normalized spacial score (nSPS) is 24.6. The van der Waals surface area contributed by atoms with Crippen LogP contribution in [0.5, 0.6) is 0 Å². The van der Waals surface area contributed by atoms with E-state index < -0.39 is 0 Å². The smallest absolute Gasteiger partial charge is 0.193 e. The minimum absolute atomic E-state index is 0. The van der Waals surface area contributed by atoms with Gasteiger partial charge in [0, 0.05) is 33.8 Å². The number of hydrogen-bond acceptors (Lipinski definition) is 3. The highest BCUT2D eigenvalue weighted by Crippen LogP contribution is 2.25. The summed E-state index contributed by atoms with van der Waals surface area (Å²) in [5.74, 6) is 1.85. The molecular weight excluding hydrogens is 357 g/mol. The van der Waals surface area contributed by atoms with Gasteiger partial charge in [0.25, 0.3) is 0 Å². The second-order valence-electron chi connectivity index (χ2n) is 5.12. The maximum absolute atomic E-state index is 5.65. The summed E-state index contributed by atoms with van der Waals surface area (Å²) in [6.07, 6.45) is 4.27. The van der Waals surface area contributed by atoms with Crippen molar-refractivity contribution in [2.75, 3.05) is 47.0 Å². The molecule has 1 atom stereocenters. The van der Waals surface area contributed by atoms with Crippen LogP contribution >= 0.6 is 24.0 Å². The van der Waals surface area contributed by atoms with E-state index in [0.717, 1.165) is 38.1 Å². The van der Waals surface area contributed by atoms with Gasteiger partial charge in [0.2, 0.25) is 0 Å². The van der Waals surface area contributed by atoms with Gasteiger partial charge in [-0.15, -0.1) is 24.0 Å². The summed E-state index contributed by atoms with van der Waals surface area (Å²) in [7, 11) is 3.57. The van der Waals surface area contributed by atoms with Gasteiger partial charge < -0.3 is 19.7 Å². The monoisotopic (exact) mass is 383 g/mol. The van der Waals surface area contributed by atoms with Gasteiger partial charge in [0.1, 0.15) is 0 Å². The van der Waals surface area contributed by atoms with Gasteiger partial charge in [-0.2, -0.15) is 0 Å². The van der Waals surface area contributed by atoms with Crippen LogP contribution in [-0.4, -0.2) is 64.0 Å². The highest BCUT2D eigenvalue weighted by molar-refractivity contribution is 14.0. The molecular formula is C13H26IN3O2. The van der Waals surface area contributed by atoms with E-state index in [9.17, 15) is 0 Å². The van der Waals surface area contributed by atoms with Crippen LogP contribution in [-0.2, 0) is 9.47 Å². The van der Waals surface area contributed by atoms with Gasteiger partial charge in [-0.05, 0) is 18.8 Å². The Kier molecular flexibility index (Phi) is 8.01. The lowest BCUT2D eigenvalue weighted by molar-refractivity contribution is -0.0447. The lowest BCUT2D eigenvalue weighted by atomic mass is 9.85. The first kappa shape index (κ1) is 17.0. The molecule has 19 heavy (non-hydrogen) atoms. The lowest BCUT2D eigenvalue weighted by Gasteiger charge is -2.36. The van der Waals surface area contributed by atoms with E-state index in [1.54, 1.807) is 7.11 Å². The van der Waals surface area contributed by atoms with E-state index in [1.807, 2.05) is 7.05 Å². The summed E-state index contributed by atoms with van der Waals surface area (Å²) >= 11 is 0. The topological polar surface area (TPSA) is 46.1 Å². The van der Waals surface area contributed by atoms with E-state index in [4.69, 9.17) is 9.47 Å². The van der Waals surface area contributed by atoms with Crippen LogP contribution in [0.25, 0.3) is 0 Å². The van der Waals surface area contributed by atoms with Crippen molar-refractivity contribution in [1.82, 2.24) is 10.2 Å². The average molecular weight is 383 g/mol. The molecule has 0 spiro atoms. The highest BCUT2D eigenvalue weighted by Gasteiger charge is 2.24. The Hall–Kier alpha value is -0.0800. The molecule has 0 aromatic carbocycles. The maximum atomic E-state index is 5.65. The molecule has 0 amide bonds. The number of aliphatic imine (C=N–C) groups is 1. The number of rotatable bonds is 4. The van der Waals surface area contributed by atoms with Gasteiger partial charge in [-0.3, -0.25) is 4.99 Å². The minimum atomic E-state index is 0. The Balaban J connectivity index is 0.00000180. The molecule has 0 radical (unpaired) electrons. The fourth-order valence-corrected chi connectivity index (χ4v) is 2.46. The molecule has 0 aromatic heterocycles. The van der Waals surface area contributed by atoms with Gasteiger partial charge in [-0.1, -0.05) is 6.42 Å².